The summed E-state index contributed by atoms with van der Waals surface area (Å²) >= 11 is 0. The molecule has 0 spiro atoms. The predicted molar refractivity (Wildman–Crippen MR) is 160 cm³/mol. The van der Waals surface area contributed by atoms with Crippen molar-refractivity contribution >= 4 is 17.9 Å². The van der Waals surface area contributed by atoms with Gasteiger partial charge in [-0.15, -0.1) is 0 Å². The Morgan fingerprint density at radius 2 is 1.61 bits per heavy atom. The van der Waals surface area contributed by atoms with Crippen LogP contribution in [0.1, 0.15) is 113 Å². The summed E-state index contributed by atoms with van der Waals surface area (Å²) < 4.78 is 17.2. The van der Waals surface area contributed by atoms with Gasteiger partial charge in [0.25, 0.3) is 0 Å². The summed E-state index contributed by atoms with van der Waals surface area (Å²) in [6.07, 6.45) is 9.12. The third kappa shape index (κ3) is 5.57. The highest BCUT2D eigenvalue weighted by atomic mass is 16.6. The molecule has 0 amide bonds. The first-order valence-corrected chi connectivity index (χ1v) is 15.5. The standard InChI is InChI=1S/C35H52O6/c1-21-15-16-35(31(38)39-10)18-17-32(5,6)19-27(35)25(21)12-13-26-22(2)11-14-29-33(7,8)30(41-24(4)37)28(40-23(3)36)20-34(26,29)9/h13,27-30H,2,11-12,14-20H2,1,3-10H3/b26-13-/t27-,28+,29-,30-,34+,35+/m0/s1. The van der Waals surface area contributed by atoms with Crippen LogP contribution in [0.4, 0.5) is 0 Å². The fourth-order valence-electron chi connectivity index (χ4n) is 9.40. The molecule has 6 heteroatoms. The Hall–Kier alpha value is -2.37. The lowest BCUT2D eigenvalue weighted by Crippen LogP contribution is -2.60. The van der Waals surface area contributed by atoms with Crippen LogP contribution in [0.2, 0.25) is 0 Å². The fraction of sp³-hybridized carbons (Fsp3) is 0.743. The summed E-state index contributed by atoms with van der Waals surface area (Å²) in [5.74, 6) is -0.405. The largest absolute Gasteiger partial charge is 0.469 e. The van der Waals surface area contributed by atoms with Gasteiger partial charge in [-0.05, 0) is 93.0 Å². The Labute approximate surface area is 247 Å². The van der Waals surface area contributed by atoms with E-state index in [1.54, 1.807) is 0 Å². The zero-order chi connectivity index (χ0) is 30.5. The molecule has 3 saturated carbocycles. The third-order valence-corrected chi connectivity index (χ3v) is 11.4. The van der Waals surface area contributed by atoms with Gasteiger partial charge in [-0.3, -0.25) is 14.4 Å². The van der Waals surface area contributed by atoms with Crippen molar-refractivity contribution in [1.29, 1.82) is 0 Å². The van der Waals surface area contributed by atoms with Crippen LogP contribution in [0.15, 0.2) is 34.9 Å². The Balaban J connectivity index is 1.75. The first-order valence-electron chi connectivity index (χ1n) is 15.5. The lowest BCUT2D eigenvalue weighted by atomic mass is 9.47. The smallest absolute Gasteiger partial charge is 0.312 e. The quantitative estimate of drug-likeness (QED) is 0.192. The van der Waals surface area contributed by atoms with E-state index in [0.717, 1.165) is 56.9 Å². The van der Waals surface area contributed by atoms with Crippen molar-refractivity contribution in [2.45, 2.75) is 125 Å². The van der Waals surface area contributed by atoms with Crippen molar-refractivity contribution in [2.24, 2.45) is 33.5 Å². The van der Waals surface area contributed by atoms with Crippen molar-refractivity contribution < 1.29 is 28.6 Å². The average Bonchev–Trinajstić information content (AvgIpc) is 2.85. The molecule has 41 heavy (non-hydrogen) atoms. The Bertz CT molecular complexity index is 1170. The van der Waals surface area contributed by atoms with Crippen LogP contribution in [-0.2, 0) is 28.6 Å². The van der Waals surface area contributed by atoms with E-state index in [1.807, 2.05) is 0 Å². The van der Waals surface area contributed by atoms with E-state index in [2.05, 4.69) is 54.2 Å². The van der Waals surface area contributed by atoms with Crippen molar-refractivity contribution in [1.82, 2.24) is 0 Å². The zero-order valence-corrected chi connectivity index (χ0v) is 26.9. The Kier molecular flexibility index (Phi) is 8.50. The highest BCUT2D eigenvalue weighted by Crippen LogP contribution is 2.63. The number of rotatable bonds is 5. The van der Waals surface area contributed by atoms with Crippen LogP contribution >= 0.6 is 0 Å². The molecule has 4 aliphatic carbocycles. The molecule has 3 fully saturated rings. The lowest BCUT2D eigenvalue weighted by Gasteiger charge is -2.59. The number of fused-ring (bicyclic) bond motifs is 2. The SMILES string of the molecule is C=C1CC[C@H]2C(C)(C)[C@@H](OC(C)=O)[C@H](OC(C)=O)C[C@]2(C)/C1=C\CC1=C(C)CC[C@@]2(C(=O)OC)CCC(C)(C)C[C@@H]12. The first kappa shape index (κ1) is 31.6. The average molecular weight is 569 g/mol. The van der Waals surface area contributed by atoms with Gasteiger partial charge in [0.05, 0.1) is 12.5 Å². The maximum absolute atomic E-state index is 13.3. The maximum Gasteiger partial charge on any atom is 0.312 e. The van der Waals surface area contributed by atoms with Gasteiger partial charge in [0.1, 0.15) is 12.2 Å². The Morgan fingerprint density at radius 3 is 2.22 bits per heavy atom. The minimum Gasteiger partial charge on any atom is -0.469 e. The van der Waals surface area contributed by atoms with Gasteiger partial charge in [0.15, 0.2) is 0 Å². The van der Waals surface area contributed by atoms with E-state index in [-0.39, 0.29) is 40.6 Å². The van der Waals surface area contributed by atoms with Crippen LogP contribution in [-0.4, -0.2) is 37.2 Å². The highest BCUT2D eigenvalue weighted by Gasteiger charge is 2.60. The van der Waals surface area contributed by atoms with Gasteiger partial charge in [-0.2, -0.15) is 0 Å². The van der Waals surface area contributed by atoms with Gasteiger partial charge in [0, 0.05) is 19.3 Å². The molecule has 0 aliphatic heterocycles. The van der Waals surface area contributed by atoms with E-state index in [9.17, 15) is 14.4 Å². The van der Waals surface area contributed by atoms with Crippen molar-refractivity contribution in [3.05, 3.63) is 34.9 Å². The molecule has 0 saturated heterocycles. The molecule has 0 N–H and O–H groups in total. The monoisotopic (exact) mass is 568 g/mol. The number of carbonyl (C=O) groups is 3. The first-order chi connectivity index (χ1) is 19.0. The molecular weight excluding hydrogens is 516 g/mol. The van der Waals surface area contributed by atoms with Crippen LogP contribution in [0.3, 0.4) is 0 Å². The molecule has 0 heterocycles. The predicted octanol–water partition coefficient (Wildman–Crippen LogP) is 7.66. The van der Waals surface area contributed by atoms with E-state index in [1.165, 1.54) is 37.7 Å². The maximum atomic E-state index is 13.3. The second-order valence-corrected chi connectivity index (χ2v) is 15.0. The molecule has 0 unspecified atom stereocenters. The summed E-state index contributed by atoms with van der Waals surface area (Å²) in [5, 5.41) is 0. The summed E-state index contributed by atoms with van der Waals surface area (Å²) in [6.45, 7) is 20.8. The molecule has 4 rings (SSSR count). The summed E-state index contributed by atoms with van der Waals surface area (Å²) in [7, 11) is 1.53. The van der Waals surface area contributed by atoms with E-state index < -0.39 is 23.0 Å². The molecule has 6 atom stereocenters. The van der Waals surface area contributed by atoms with Crippen LogP contribution in [0, 0.1) is 33.5 Å². The highest BCUT2D eigenvalue weighted by molar-refractivity contribution is 5.78. The summed E-state index contributed by atoms with van der Waals surface area (Å²) in [4.78, 5) is 37.7. The number of hydrogen-bond donors (Lipinski definition) is 0. The molecule has 6 nitrogen and oxygen atoms in total. The number of ether oxygens (including phenoxy) is 3. The van der Waals surface area contributed by atoms with Gasteiger partial charge in [0.2, 0.25) is 0 Å². The van der Waals surface area contributed by atoms with Gasteiger partial charge >= 0.3 is 17.9 Å². The number of carbonyl (C=O) groups excluding carboxylic acids is 3. The molecular formula is C35H52O6. The van der Waals surface area contributed by atoms with Gasteiger partial charge in [-0.25, -0.2) is 0 Å². The molecule has 4 aliphatic rings. The number of methoxy groups -OCH3 is 1. The molecule has 0 aromatic rings. The molecule has 0 radical (unpaired) electrons. The van der Waals surface area contributed by atoms with E-state index in [0.29, 0.717) is 6.42 Å². The Morgan fingerprint density at radius 1 is 0.951 bits per heavy atom. The van der Waals surface area contributed by atoms with Gasteiger partial charge in [-0.1, -0.05) is 64.0 Å². The number of esters is 3. The lowest BCUT2D eigenvalue weighted by molar-refractivity contribution is -0.203. The molecule has 228 valence electrons. The van der Waals surface area contributed by atoms with Crippen LogP contribution in [0.5, 0.6) is 0 Å². The van der Waals surface area contributed by atoms with Crippen LogP contribution < -0.4 is 0 Å². The number of allylic oxidation sites excluding steroid dienone is 5. The van der Waals surface area contributed by atoms with E-state index in [4.69, 9.17) is 14.2 Å². The van der Waals surface area contributed by atoms with Crippen molar-refractivity contribution in [2.75, 3.05) is 7.11 Å². The van der Waals surface area contributed by atoms with Crippen molar-refractivity contribution in [3.8, 4) is 0 Å². The topological polar surface area (TPSA) is 78.9 Å². The summed E-state index contributed by atoms with van der Waals surface area (Å²) in [5.41, 5.74) is 4.14. The second-order valence-electron chi connectivity index (χ2n) is 15.0. The van der Waals surface area contributed by atoms with Crippen LogP contribution in [0.25, 0.3) is 0 Å². The normalized spacial score (nSPS) is 37.1. The summed E-state index contributed by atoms with van der Waals surface area (Å²) in [6, 6.07) is 0. The molecule has 0 aromatic heterocycles. The molecule has 0 aromatic carbocycles. The fourth-order valence-corrected chi connectivity index (χ4v) is 9.40. The molecule has 0 bridgehead atoms. The second kappa shape index (κ2) is 11.0. The minimum absolute atomic E-state index is 0.0560. The minimum atomic E-state index is -0.538. The number of hydrogen-bond acceptors (Lipinski definition) is 6. The van der Waals surface area contributed by atoms with Crippen molar-refractivity contribution in [3.63, 3.8) is 0 Å². The van der Waals surface area contributed by atoms with Gasteiger partial charge < -0.3 is 14.2 Å². The van der Waals surface area contributed by atoms with E-state index >= 15 is 0 Å². The zero-order valence-electron chi connectivity index (χ0n) is 26.9. The third-order valence-electron chi connectivity index (χ3n) is 11.4.